The van der Waals surface area contributed by atoms with Crippen LogP contribution in [0, 0.1) is 40.4 Å². The van der Waals surface area contributed by atoms with E-state index >= 15 is 0 Å². The van der Waals surface area contributed by atoms with Gasteiger partial charge in [0.2, 0.25) is 0 Å². The van der Waals surface area contributed by atoms with Crippen molar-refractivity contribution >= 4 is 0 Å². The van der Waals surface area contributed by atoms with Gasteiger partial charge in [-0.15, -0.1) is 0 Å². The summed E-state index contributed by atoms with van der Waals surface area (Å²) in [5, 5.41) is 31.9. The first-order chi connectivity index (χ1) is 14.1. The van der Waals surface area contributed by atoms with Gasteiger partial charge in [-0.1, -0.05) is 44.1 Å². The summed E-state index contributed by atoms with van der Waals surface area (Å²) in [5.74, 6) is 2.28. The Morgan fingerprint density at radius 1 is 1.07 bits per heavy atom. The van der Waals surface area contributed by atoms with Crippen LogP contribution in [0.4, 0.5) is 0 Å². The minimum absolute atomic E-state index is 0.122. The van der Waals surface area contributed by atoms with Crippen LogP contribution in [-0.4, -0.2) is 33.6 Å². The van der Waals surface area contributed by atoms with E-state index in [2.05, 4.69) is 46.8 Å². The molecule has 3 saturated carbocycles. The van der Waals surface area contributed by atoms with E-state index in [0.717, 1.165) is 25.7 Å². The van der Waals surface area contributed by atoms with Gasteiger partial charge in [-0.25, -0.2) is 0 Å². The average molecular weight is 417 g/mol. The number of fused-ring (bicyclic) bond motifs is 5. The lowest BCUT2D eigenvalue weighted by molar-refractivity contribution is -0.125. The largest absolute Gasteiger partial charge is 0.393 e. The van der Waals surface area contributed by atoms with Crippen molar-refractivity contribution in [2.45, 2.75) is 104 Å². The molecule has 170 valence electrons. The maximum absolute atomic E-state index is 10.9. The van der Waals surface area contributed by atoms with Crippen molar-refractivity contribution in [1.82, 2.24) is 0 Å². The summed E-state index contributed by atoms with van der Waals surface area (Å²) >= 11 is 0. The van der Waals surface area contributed by atoms with Crippen molar-refractivity contribution in [3.8, 4) is 0 Å². The highest BCUT2D eigenvalue weighted by molar-refractivity contribution is 5.28. The fourth-order valence-electron chi connectivity index (χ4n) is 8.31. The van der Waals surface area contributed by atoms with Crippen LogP contribution in [0.15, 0.2) is 23.3 Å². The van der Waals surface area contributed by atoms with Crippen molar-refractivity contribution < 1.29 is 15.3 Å². The first-order valence-electron chi connectivity index (χ1n) is 12.5. The van der Waals surface area contributed by atoms with Crippen LogP contribution in [0.25, 0.3) is 0 Å². The molecule has 3 heteroatoms. The van der Waals surface area contributed by atoms with Crippen LogP contribution in [0.2, 0.25) is 0 Å². The zero-order chi connectivity index (χ0) is 21.8. The summed E-state index contributed by atoms with van der Waals surface area (Å²) in [7, 11) is 0. The molecule has 0 bridgehead atoms. The van der Waals surface area contributed by atoms with E-state index in [9.17, 15) is 15.3 Å². The minimum Gasteiger partial charge on any atom is -0.393 e. The third kappa shape index (κ3) is 3.44. The van der Waals surface area contributed by atoms with Crippen LogP contribution >= 0.6 is 0 Å². The quantitative estimate of drug-likeness (QED) is 0.549. The van der Waals surface area contributed by atoms with Gasteiger partial charge in [-0.2, -0.15) is 0 Å². The van der Waals surface area contributed by atoms with Gasteiger partial charge in [-0.05, 0) is 106 Å². The van der Waals surface area contributed by atoms with E-state index < -0.39 is 12.2 Å². The highest BCUT2D eigenvalue weighted by atomic mass is 16.3. The molecule has 4 aliphatic carbocycles. The van der Waals surface area contributed by atoms with Gasteiger partial charge in [0, 0.05) is 0 Å². The first-order valence-corrected chi connectivity index (χ1v) is 12.5. The van der Waals surface area contributed by atoms with E-state index in [1.807, 2.05) is 0 Å². The number of hydrogen-bond acceptors (Lipinski definition) is 3. The molecule has 30 heavy (non-hydrogen) atoms. The lowest BCUT2D eigenvalue weighted by Gasteiger charge is -2.58. The van der Waals surface area contributed by atoms with Crippen LogP contribution in [0.1, 0.15) is 86.0 Å². The van der Waals surface area contributed by atoms with E-state index in [0.29, 0.717) is 23.7 Å². The highest BCUT2D eigenvalue weighted by Gasteiger charge is 2.59. The Morgan fingerprint density at radius 3 is 2.43 bits per heavy atom. The monoisotopic (exact) mass is 416 g/mol. The number of aliphatic hydroxyl groups is 3. The molecule has 0 aliphatic heterocycles. The Bertz CT molecular complexity index is 707. The summed E-state index contributed by atoms with van der Waals surface area (Å²) in [5.41, 5.74) is 3.35. The SMILES string of the molecule is CC(C)=CC[C@@H](O)[C@@H](C)[C@H]1CC[C@H]2C3=CCC4[C@@H](O)[C@@H](O)CC[C@]4(C)[C@H]3CC[C@]12C. The summed E-state index contributed by atoms with van der Waals surface area (Å²) in [6, 6.07) is 0. The van der Waals surface area contributed by atoms with Crippen LogP contribution in [-0.2, 0) is 0 Å². The van der Waals surface area contributed by atoms with Gasteiger partial charge < -0.3 is 15.3 Å². The van der Waals surface area contributed by atoms with Crippen molar-refractivity contribution in [1.29, 1.82) is 0 Å². The fourth-order valence-corrected chi connectivity index (χ4v) is 8.31. The Kier molecular flexibility index (Phi) is 6.05. The topological polar surface area (TPSA) is 60.7 Å². The second-order valence-electron chi connectivity index (χ2n) is 11.9. The standard InChI is InChI=1S/C27H44O3/c1-16(2)6-11-23(28)17(3)19-9-10-20-18-7-8-22-25(30)24(29)13-15-27(22,5)21(18)12-14-26(19,20)4/h6-7,17,19-25,28-30H,8-15H2,1-5H3/t17-,19+,20-,21-,22?,23+,24-,25+,26+,27+/m0/s1. The minimum atomic E-state index is -0.573. The Balaban J connectivity index is 1.56. The second-order valence-corrected chi connectivity index (χ2v) is 11.9. The van der Waals surface area contributed by atoms with Crippen LogP contribution in [0.3, 0.4) is 0 Å². The number of aliphatic hydroxyl groups excluding tert-OH is 3. The highest BCUT2D eigenvalue weighted by Crippen LogP contribution is 2.66. The molecule has 0 aromatic rings. The van der Waals surface area contributed by atoms with Crippen molar-refractivity contribution in [3.63, 3.8) is 0 Å². The van der Waals surface area contributed by atoms with Crippen molar-refractivity contribution in [2.24, 2.45) is 40.4 Å². The lowest BCUT2D eigenvalue weighted by atomic mass is 9.47. The van der Waals surface area contributed by atoms with Crippen molar-refractivity contribution in [3.05, 3.63) is 23.3 Å². The molecule has 4 aliphatic rings. The van der Waals surface area contributed by atoms with E-state index in [1.165, 1.54) is 31.3 Å². The molecule has 0 aromatic heterocycles. The van der Waals surface area contributed by atoms with Gasteiger partial charge in [0.05, 0.1) is 18.3 Å². The predicted octanol–water partition coefficient (Wildman–Crippen LogP) is 5.25. The van der Waals surface area contributed by atoms with E-state index in [1.54, 1.807) is 5.57 Å². The summed E-state index contributed by atoms with van der Waals surface area (Å²) in [4.78, 5) is 0. The number of allylic oxidation sites excluding steroid dienone is 3. The molecule has 0 aromatic carbocycles. The Hall–Kier alpha value is -0.640. The average Bonchev–Trinajstić information content (AvgIpc) is 3.06. The molecule has 3 nitrogen and oxygen atoms in total. The Labute approximate surface area is 183 Å². The first kappa shape index (κ1) is 22.6. The third-order valence-corrected chi connectivity index (χ3v) is 10.2. The summed E-state index contributed by atoms with van der Waals surface area (Å²) < 4.78 is 0. The molecule has 0 radical (unpaired) electrons. The molecule has 0 amide bonds. The maximum Gasteiger partial charge on any atom is 0.0835 e. The van der Waals surface area contributed by atoms with Gasteiger partial charge in [0.1, 0.15) is 0 Å². The summed E-state index contributed by atoms with van der Waals surface area (Å²) in [6.45, 7) is 11.4. The lowest BCUT2D eigenvalue weighted by Crippen LogP contribution is -2.55. The molecule has 0 saturated heterocycles. The zero-order valence-electron chi connectivity index (χ0n) is 19.8. The smallest absolute Gasteiger partial charge is 0.0835 e. The van der Waals surface area contributed by atoms with Crippen LogP contribution < -0.4 is 0 Å². The molecule has 0 spiro atoms. The van der Waals surface area contributed by atoms with Gasteiger partial charge in [0.15, 0.2) is 0 Å². The van der Waals surface area contributed by atoms with E-state index in [4.69, 9.17) is 0 Å². The molecule has 10 atom stereocenters. The maximum atomic E-state index is 10.9. The van der Waals surface area contributed by atoms with Gasteiger partial charge in [0.25, 0.3) is 0 Å². The molecular formula is C27H44O3. The zero-order valence-corrected chi connectivity index (χ0v) is 19.8. The van der Waals surface area contributed by atoms with Crippen molar-refractivity contribution in [2.75, 3.05) is 0 Å². The molecule has 3 fully saturated rings. The number of hydrogen-bond donors (Lipinski definition) is 3. The molecule has 3 N–H and O–H groups in total. The normalized spacial score (nSPS) is 47.4. The molecule has 4 rings (SSSR count). The third-order valence-electron chi connectivity index (χ3n) is 10.2. The van der Waals surface area contributed by atoms with Crippen LogP contribution in [0.5, 0.6) is 0 Å². The van der Waals surface area contributed by atoms with E-state index in [-0.39, 0.29) is 22.9 Å². The second kappa shape index (κ2) is 8.05. The summed E-state index contributed by atoms with van der Waals surface area (Å²) in [6.07, 6.45) is 11.6. The van der Waals surface area contributed by atoms with Gasteiger partial charge >= 0.3 is 0 Å². The number of rotatable bonds is 4. The predicted molar refractivity (Wildman–Crippen MR) is 122 cm³/mol. The Morgan fingerprint density at radius 2 is 1.73 bits per heavy atom. The molecular weight excluding hydrogens is 372 g/mol. The molecule has 0 heterocycles. The fraction of sp³-hybridized carbons (Fsp3) is 0.852. The molecule has 1 unspecified atom stereocenters. The van der Waals surface area contributed by atoms with Gasteiger partial charge in [-0.3, -0.25) is 0 Å².